The van der Waals surface area contributed by atoms with Crippen LogP contribution in [0.4, 0.5) is 11.4 Å². The van der Waals surface area contributed by atoms with Gasteiger partial charge in [0.15, 0.2) is 0 Å². The average molecular weight is 1080 g/mol. The van der Waals surface area contributed by atoms with Crippen LogP contribution in [0.1, 0.15) is 47.1 Å². The van der Waals surface area contributed by atoms with Crippen LogP contribution in [0.2, 0.25) is 0 Å². The molecular weight excluding hydrogens is 1020 g/mol. The minimum absolute atomic E-state index is 0.0824. The summed E-state index contributed by atoms with van der Waals surface area (Å²) in [5.74, 6) is 0. The summed E-state index contributed by atoms with van der Waals surface area (Å²) >= 11 is 0. The van der Waals surface area contributed by atoms with E-state index in [1.54, 1.807) is 12.4 Å². The van der Waals surface area contributed by atoms with Crippen LogP contribution in [0.5, 0.6) is 0 Å². The van der Waals surface area contributed by atoms with Crippen molar-refractivity contribution in [3.05, 3.63) is 231 Å². The van der Waals surface area contributed by atoms with E-state index in [-0.39, 0.29) is 17.5 Å². The van der Waals surface area contributed by atoms with Crippen molar-refractivity contribution in [1.82, 2.24) is 14.5 Å². The van der Waals surface area contributed by atoms with Gasteiger partial charge in [-0.25, -0.2) is 0 Å². The molecule has 400 valence electrons. The first-order valence-electron chi connectivity index (χ1n) is 29.3. The predicted molar refractivity (Wildman–Crippen MR) is 354 cm³/mol. The van der Waals surface area contributed by atoms with Crippen molar-refractivity contribution in [2.24, 2.45) is 5.41 Å². The highest BCUT2D eigenvalue weighted by Gasteiger charge is 2.43. The number of fused-ring (bicyclic) bond motifs is 20. The molecule has 0 aliphatic carbocycles. The summed E-state index contributed by atoms with van der Waals surface area (Å²) in [7, 11) is 0. The summed E-state index contributed by atoms with van der Waals surface area (Å²) in [6.07, 6.45) is 12.0. The normalized spacial score (nSPS) is 13.4. The van der Waals surface area contributed by atoms with Gasteiger partial charge in [0.1, 0.15) is 22.3 Å². The Morgan fingerprint density at radius 1 is 0.512 bits per heavy atom. The molecule has 0 atom stereocenters. The topological polar surface area (TPSA) is 60.2 Å². The molecule has 0 N–H and O–H groups in total. The standard InChI is InChI=1S/C77H57BN4O2/c1-44(76(2,3)4)17-16-38-81-63-32-30-46(77(5,6)7)41-62(63)78-61-29-15-28-58-71-64(33-31-53-49-20-9-8-18-47(49)48-19-10-11-21-50(48)70(53)71)82(73(58)61)66-40-45(39-65(81)72(66)78)69-51(54-24-13-26-56-59-42-79-36-34-67(59)83-74(54)56)22-12-23-52(69)55-25-14-27-57-60-43-80-37-35-68(60)84-75(55)57/h8-37,39-43H,1,38H2,2-7H3/b17-16-. The summed E-state index contributed by atoms with van der Waals surface area (Å²) in [5, 5.41) is 14.1. The first-order chi connectivity index (χ1) is 40.9. The van der Waals surface area contributed by atoms with Crippen molar-refractivity contribution in [3.63, 3.8) is 0 Å². The molecule has 17 rings (SSSR count). The van der Waals surface area contributed by atoms with Crippen molar-refractivity contribution in [3.8, 4) is 39.1 Å². The molecular formula is C77H57BN4O2. The summed E-state index contributed by atoms with van der Waals surface area (Å²) in [4.78, 5) is 11.7. The van der Waals surface area contributed by atoms with Crippen LogP contribution in [-0.4, -0.2) is 27.8 Å². The first-order valence-corrected chi connectivity index (χ1v) is 29.3. The van der Waals surface area contributed by atoms with Gasteiger partial charge in [-0.2, -0.15) is 0 Å². The van der Waals surface area contributed by atoms with Crippen LogP contribution < -0.4 is 21.3 Å². The van der Waals surface area contributed by atoms with E-state index in [0.29, 0.717) is 6.54 Å². The van der Waals surface area contributed by atoms with Gasteiger partial charge in [-0.1, -0.05) is 205 Å². The molecule has 0 fully saturated rings. The van der Waals surface area contributed by atoms with Gasteiger partial charge in [-0.05, 0) is 118 Å². The van der Waals surface area contributed by atoms with Gasteiger partial charge >= 0.3 is 0 Å². The van der Waals surface area contributed by atoms with Gasteiger partial charge in [0.25, 0.3) is 6.71 Å². The summed E-state index contributed by atoms with van der Waals surface area (Å²) in [6.45, 7) is 18.8. The highest BCUT2D eigenvalue weighted by atomic mass is 16.3. The predicted octanol–water partition coefficient (Wildman–Crippen LogP) is 18.6. The number of hydrogen-bond donors (Lipinski definition) is 0. The second-order valence-corrected chi connectivity index (χ2v) is 25.3. The van der Waals surface area contributed by atoms with Gasteiger partial charge < -0.3 is 18.3 Å². The number of rotatable bonds is 6. The van der Waals surface area contributed by atoms with Crippen molar-refractivity contribution in [1.29, 1.82) is 0 Å². The smallest absolute Gasteiger partial charge is 0.252 e. The Kier molecular flexibility index (Phi) is 10.2. The van der Waals surface area contributed by atoms with Crippen LogP contribution >= 0.6 is 0 Å². The van der Waals surface area contributed by atoms with E-state index in [1.807, 2.05) is 24.5 Å². The molecule has 0 unspecified atom stereocenters. The maximum Gasteiger partial charge on any atom is 0.252 e. The molecule has 2 aliphatic heterocycles. The summed E-state index contributed by atoms with van der Waals surface area (Å²) < 4.78 is 16.5. The Balaban J connectivity index is 1.04. The van der Waals surface area contributed by atoms with Crippen molar-refractivity contribution < 1.29 is 8.83 Å². The van der Waals surface area contributed by atoms with Gasteiger partial charge in [0.05, 0.1) is 5.52 Å². The lowest BCUT2D eigenvalue weighted by molar-refractivity contribution is 0.519. The molecule has 0 bridgehead atoms. The highest BCUT2D eigenvalue weighted by molar-refractivity contribution is 7.00. The number of para-hydroxylation sites is 3. The Morgan fingerprint density at radius 3 is 1.71 bits per heavy atom. The second kappa shape index (κ2) is 17.5. The van der Waals surface area contributed by atoms with Crippen LogP contribution in [0, 0.1) is 5.41 Å². The largest absolute Gasteiger partial charge is 0.455 e. The van der Waals surface area contributed by atoms with Gasteiger partial charge in [0, 0.05) is 103 Å². The molecule has 7 heterocycles. The Bertz CT molecular complexity index is 5260. The molecule has 15 aromatic rings. The Hall–Kier alpha value is -9.98. The number of anilines is 2. The molecule has 0 radical (unpaired) electrons. The monoisotopic (exact) mass is 1080 g/mol. The molecule has 6 nitrogen and oxygen atoms in total. The van der Waals surface area contributed by atoms with Crippen LogP contribution in [-0.2, 0) is 5.41 Å². The minimum Gasteiger partial charge on any atom is -0.455 e. The summed E-state index contributed by atoms with van der Waals surface area (Å²) in [6, 6.07) is 65.9. The van der Waals surface area contributed by atoms with E-state index in [0.717, 1.165) is 94.2 Å². The van der Waals surface area contributed by atoms with Gasteiger partial charge in [-0.15, -0.1) is 0 Å². The van der Waals surface area contributed by atoms with Crippen LogP contribution in [0.25, 0.3) is 137 Å². The molecule has 0 saturated heterocycles. The van der Waals surface area contributed by atoms with E-state index < -0.39 is 0 Å². The number of benzene rings is 10. The zero-order valence-corrected chi connectivity index (χ0v) is 47.8. The second-order valence-electron chi connectivity index (χ2n) is 25.3. The van der Waals surface area contributed by atoms with Crippen molar-refractivity contribution in [2.75, 3.05) is 11.4 Å². The lowest BCUT2D eigenvalue weighted by atomic mass is 9.33. The third kappa shape index (κ3) is 6.87. The number of furan rings is 2. The Labute approximate surface area is 486 Å². The van der Waals surface area contributed by atoms with E-state index >= 15 is 0 Å². The molecule has 2 aliphatic rings. The van der Waals surface area contributed by atoms with E-state index in [1.165, 1.54) is 81.8 Å². The molecule has 5 aromatic heterocycles. The molecule has 0 saturated carbocycles. The number of allylic oxidation sites excluding steroid dienone is 2. The maximum absolute atomic E-state index is 6.94. The zero-order chi connectivity index (χ0) is 56.5. The molecule has 7 heteroatoms. The third-order valence-corrected chi connectivity index (χ3v) is 18.6. The van der Waals surface area contributed by atoms with E-state index in [2.05, 4.69) is 244 Å². The Morgan fingerprint density at radius 2 is 1.07 bits per heavy atom. The minimum atomic E-state index is -0.0903. The average Bonchev–Trinajstić information content (AvgIpc) is 2.00. The molecule has 0 spiro atoms. The number of aromatic nitrogens is 3. The third-order valence-electron chi connectivity index (χ3n) is 18.6. The van der Waals surface area contributed by atoms with E-state index in [4.69, 9.17) is 8.83 Å². The molecule has 0 amide bonds. The van der Waals surface area contributed by atoms with Gasteiger partial charge in [0.2, 0.25) is 0 Å². The van der Waals surface area contributed by atoms with Crippen LogP contribution in [0.15, 0.2) is 234 Å². The molecule has 10 aromatic carbocycles. The number of pyridine rings is 2. The molecule has 84 heavy (non-hydrogen) atoms. The highest BCUT2D eigenvalue weighted by Crippen LogP contribution is 2.50. The summed E-state index contributed by atoms with van der Waals surface area (Å²) in [5.41, 5.74) is 21.6. The van der Waals surface area contributed by atoms with Crippen molar-refractivity contribution >= 4 is 132 Å². The quantitative estimate of drug-likeness (QED) is 0.0943. The number of hydrogen-bond acceptors (Lipinski definition) is 5. The lowest BCUT2D eigenvalue weighted by Gasteiger charge is -2.41. The first kappa shape index (κ1) is 48.7. The number of nitrogens with zero attached hydrogens (tertiary/aromatic N) is 4. The lowest BCUT2D eigenvalue weighted by Crippen LogP contribution is -2.61. The SMILES string of the molecule is C=C(/C=C\CN1c2ccc(C(C)(C)C)cc2B2c3c1cc(-c1c(-c4cccc5c4oc4ccncc45)cccc1-c1cccc4c1oc1ccncc14)cc3-n1c3ccc4c5ccccc5c5ccccc5c4c3c3cccc2c31)C(C)(C)C. The fraction of sp³-hybridized carbons (Fsp3) is 0.117. The van der Waals surface area contributed by atoms with Crippen LogP contribution in [0.3, 0.4) is 0 Å². The van der Waals surface area contributed by atoms with E-state index in [9.17, 15) is 0 Å². The maximum atomic E-state index is 6.94. The fourth-order valence-electron chi connectivity index (χ4n) is 14.4. The van der Waals surface area contributed by atoms with Gasteiger partial charge in [-0.3, -0.25) is 9.97 Å². The zero-order valence-electron chi connectivity index (χ0n) is 47.8. The fourth-order valence-corrected chi connectivity index (χ4v) is 14.4. The van der Waals surface area contributed by atoms with Crippen molar-refractivity contribution in [2.45, 2.75) is 47.0 Å².